The number of amides is 1. The Balaban J connectivity index is 1.88. The van der Waals surface area contributed by atoms with Crippen LogP contribution in [0.15, 0.2) is 36.4 Å². The lowest BCUT2D eigenvalue weighted by Crippen LogP contribution is -2.34. The Hall–Kier alpha value is -2.80. The normalized spacial score (nSPS) is 16.5. The molecule has 3 rings (SSSR count). The molecule has 1 fully saturated rings. The number of ether oxygens (including phenoxy) is 1. The SMILES string of the molecule is COc1ccc(Cl)cc1NC(=O)c1ccc(N2CCCC(C)C2)c([N+](=O)[O-])c1. The van der Waals surface area contributed by atoms with Crippen molar-refractivity contribution in [2.75, 3.05) is 30.4 Å². The first-order valence-corrected chi connectivity index (χ1v) is 9.45. The number of carbonyl (C=O) groups is 1. The van der Waals surface area contributed by atoms with Crippen LogP contribution in [0.3, 0.4) is 0 Å². The third-order valence-electron chi connectivity index (χ3n) is 4.84. The van der Waals surface area contributed by atoms with Gasteiger partial charge in [-0.05, 0) is 49.1 Å². The summed E-state index contributed by atoms with van der Waals surface area (Å²) in [5.41, 5.74) is 1.08. The maximum atomic E-state index is 12.7. The van der Waals surface area contributed by atoms with Gasteiger partial charge in [-0.2, -0.15) is 0 Å². The minimum absolute atomic E-state index is 0.0696. The number of halogens is 1. The van der Waals surface area contributed by atoms with E-state index in [0.717, 1.165) is 25.9 Å². The van der Waals surface area contributed by atoms with E-state index in [0.29, 0.717) is 28.1 Å². The first-order valence-electron chi connectivity index (χ1n) is 9.07. The van der Waals surface area contributed by atoms with Crippen LogP contribution in [-0.4, -0.2) is 31.0 Å². The van der Waals surface area contributed by atoms with Crippen molar-refractivity contribution in [3.05, 3.63) is 57.1 Å². The average Bonchev–Trinajstić information content (AvgIpc) is 2.67. The van der Waals surface area contributed by atoms with Crippen LogP contribution in [0.1, 0.15) is 30.1 Å². The molecule has 1 unspecified atom stereocenters. The number of nitrogens with one attached hydrogen (secondary N) is 1. The molecule has 1 atom stereocenters. The number of methoxy groups -OCH3 is 1. The fraction of sp³-hybridized carbons (Fsp3) is 0.350. The number of hydrogen-bond acceptors (Lipinski definition) is 5. The standard InChI is InChI=1S/C20H22ClN3O4/c1-13-4-3-9-23(12-13)17-7-5-14(10-18(17)24(26)27)20(25)22-16-11-15(21)6-8-19(16)28-2/h5-8,10-11,13H,3-4,9,12H2,1-2H3,(H,22,25). The number of nitrogens with zero attached hydrogens (tertiary/aromatic N) is 2. The molecular formula is C20H22ClN3O4. The predicted molar refractivity (Wildman–Crippen MR) is 110 cm³/mol. The minimum Gasteiger partial charge on any atom is -0.495 e. The monoisotopic (exact) mass is 403 g/mol. The maximum absolute atomic E-state index is 12.7. The summed E-state index contributed by atoms with van der Waals surface area (Å²) in [5.74, 6) is 0.458. The highest BCUT2D eigenvalue weighted by atomic mass is 35.5. The Morgan fingerprint density at radius 2 is 2.11 bits per heavy atom. The Labute approximate surface area is 168 Å². The lowest BCUT2D eigenvalue weighted by Gasteiger charge is -2.32. The first-order chi connectivity index (χ1) is 13.4. The van der Waals surface area contributed by atoms with E-state index >= 15 is 0 Å². The van der Waals surface area contributed by atoms with E-state index in [2.05, 4.69) is 12.2 Å². The fourth-order valence-electron chi connectivity index (χ4n) is 3.46. The minimum atomic E-state index is -0.470. The van der Waals surface area contributed by atoms with Crippen LogP contribution in [0.4, 0.5) is 17.1 Å². The first kappa shape index (κ1) is 19.9. The highest BCUT2D eigenvalue weighted by Gasteiger charge is 2.25. The highest BCUT2D eigenvalue weighted by Crippen LogP contribution is 2.33. The van der Waals surface area contributed by atoms with Crippen LogP contribution in [-0.2, 0) is 0 Å². The van der Waals surface area contributed by atoms with Gasteiger partial charge < -0.3 is 15.0 Å². The van der Waals surface area contributed by atoms with Gasteiger partial charge in [0.25, 0.3) is 11.6 Å². The fourth-order valence-corrected chi connectivity index (χ4v) is 3.63. The van der Waals surface area contributed by atoms with Gasteiger partial charge in [0.05, 0.1) is 17.7 Å². The average molecular weight is 404 g/mol. The van der Waals surface area contributed by atoms with Crippen LogP contribution >= 0.6 is 11.6 Å². The molecule has 0 aliphatic carbocycles. The van der Waals surface area contributed by atoms with Crippen LogP contribution in [0.5, 0.6) is 5.75 Å². The van der Waals surface area contributed by atoms with Gasteiger partial charge in [0, 0.05) is 29.7 Å². The van der Waals surface area contributed by atoms with Crippen molar-refractivity contribution in [3.63, 3.8) is 0 Å². The zero-order valence-corrected chi connectivity index (χ0v) is 16.5. The molecule has 1 N–H and O–H groups in total. The second-order valence-electron chi connectivity index (χ2n) is 6.95. The van der Waals surface area contributed by atoms with Crippen molar-refractivity contribution >= 4 is 34.6 Å². The summed E-state index contributed by atoms with van der Waals surface area (Å²) in [6, 6.07) is 9.43. The van der Waals surface area contributed by atoms with E-state index in [1.807, 2.05) is 4.90 Å². The largest absolute Gasteiger partial charge is 0.495 e. The quantitative estimate of drug-likeness (QED) is 0.575. The summed E-state index contributed by atoms with van der Waals surface area (Å²) in [6.45, 7) is 3.68. The molecule has 2 aromatic carbocycles. The molecule has 1 heterocycles. The molecule has 1 amide bonds. The third-order valence-corrected chi connectivity index (χ3v) is 5.08. The van der Waals surface area contributed by atoms with E-state index in [9.17, 15) is 14.9 Å². The van der Waals surface area contributed by atoms with Gasteiger partial charge in [0.1, 0.15) is 11.4 Å². The molecule has 0 aromatic heterocycles. The number of rotatable bonds is 5. The molecule has 148 valence electrons. The summed E-state index contributed by atoms with van der Waals surface area (Å²) in [6.07, 6.45) is 2.11. The molecule has 1 aliphatic heterocycles. The number of benzene rings is 2. The molecule has 28 heavy (non-hydrogen) atoms. The number of nitro benzene ring substituents is 1. The van der Waals surface area contributed by atoms with Gasteiger partial charge in [0.2, 0.25) is 0 Å². The van der Waals surface area contributed by atoms with Gasteiger partial charge in [-0.1, -0.05) is 18.5 Å². The van der Waals surface area contributed by atoms with Crippen LogP contribution in [0.25, 0.3) is 0 Å². The van der Waals surface area contributed by atoms with E-state index in [1.165, 1.54) is 13.2 Å². The highest BCUT2D eigenvalue weighted by molar-refractivity contribution is 6.31. The summed E-state index contributed by atoms with van der Waals surface area (Å²) in [5, 5.41) is 14.8. The summed E-state index contributed by atoms with van der Waals surface area (Å²) < 4.78 is 5.22. The molecular weight excluding hydrogens is 382 g/mol. The maximum Gasteiger partial charge on any atom is 0.293 e. The Morgan fingerprint density at radius 3 is 2.79 bits per heavy atom. The van der Waals surface area contributed by atoms with E-state index in [-0.39, 0.29) is 11.3 Å². The number of nitro groups is 1. The van der Waals surface area contributed by atoms with Crippen molar-refractivity contribution in [1.82, 2.24) is 0 Å². The number of hydrogen-bond donors (Lipinski definition) is 1. The lowest BCUT2D eigenvalue weighted by atomic mass is 9.99. The molecule has 0 saturated carbocycles. The summed E-state index contributed by atoms with van der Waals surface area (Å²) in [7, 11) is 1.48. The number of carbonyl (C=O) groups excluding carboxylic acids is 1. The molecule has 8 heteroatoms. The zero-order valence-electron chi connectivity index (χ0n) is 15.8. The van der Waals surface area contributed by atoms with Crippen molar-refractivity contribution in [3.8, 4) is 5.75 Å². The van der Waals surface area contributed by atoms with Crippen LogP contribution < -0.4 is 15.0 Å². The smallest absolute Gasteiger partial charge is 0.293 e. The topological polar surface area (TPSA) is 84.7 Å². The number of anilines is 2. The van der Waals surface area contributed by atoms with Gasteiger partial charge in [0.15, 0.2) is 0 Å². The van der Waals surface area contributed by atoms with Crippen molar-refractivity contribution in [2.24, 2.45) is 5.92 Å². The summed E-state index contributed by atoms with van der Waals surface area (Å²) in [4.78, 5) is 25.9. The van der Waals surface area contributed by atoms with Crippen molar-refractivity contribution in [2.45, 2.75) is 19.8 Å². The molecule has 0 radical (unpaired) electrons. The molecule has 7 nitrogen and oxygen atoms in total. The van der Waals surface area contributed by atoms with E-state index in [4.69, 9.17) is 16.3 Å². The van der Waals surface area contributed by atoms with Gasteiger partial charge in [-0.25, -0.2) is 0 Å². The van der Waals surface area contributed by atoms with Crippen LogP contribution in [0.2, 0.25) is 5.02 Å². The van der Waals surface area contributed by atoms with Crippen molar-refractivity contribution in [1.29, 1.82) is 0 Å². The van der Waals surface area contributed by atoms with Crippen molar-refractivity contribution < 1.29 is 14.5 Å². The lowest BCUT2D eigenvalue weighted by molar-refractivity contribution is -0.384. The summed E-state index contributed by atoms with van der Waals surface area (Å²) >= 11 is 5.99. The Morgan fingerprint density at radius 1 is 1.32 bits per heavy atom. The van der Waals surface area contributed by atoms with Gasteiger partial charge >= 0.3 is 0 Å². The molecule has 1 aliphatic rings. The molecule has 2 aromatic rings. The second-order valence-corrected chi connectivity index (χ2v) is 7.39. The second kappa shape index (κ2) is 8.48. The van der Waals surface area contributed by atoms with Gasteiger partial charge in [-0.3, -0.25) is 14.9 Å². The van der Waals surface area contributed by atoms with E-state index < -0.39 is 10.8 Å². The predicted octanol–water partition coefficient (Wildman–Crippen LogP) is 4.75. The van der Waals surface area contributed by atoms with E-state index in [1.54, 1.807) is 30.3 Å². The third kappa shape index (κ3) is 4.36. The molecule has 1 saturated heterocycles. The number of piperidine rings is 1. The Kier molecular flexibility index (Phi) is 6.04. The molecule has 0 bridgehead atoms. The Bertz CT molecular complexity index is 903. The zero-order chi connectivity index (χ0) is 20.3. The van der Waals surface area contributed by atoms with Crippen LogP contribution in [0, 0.1) is 16.0 Å². The molecule has 0 spiro atoms. The van der Waals surface area contributed by atoms with Gasteiger partial charge in [-0.15, -0.1) is 0 Å².